The fourth-order valence-electron chi connectivity index (χ4n) is 5.03. The fourth-order valence-corrected chi connectivity index (χ4v) is 5.20. The molecule has 1 aliphatic heterocycles. The molecule has 1 aliphatic carbocycles. The maximum atomic E-state index is 14.0. The van der Waals surface area contributed by atoms with Gasteiger partial charge in [-0.3, -0.25) is 9.69 Å². The van der Waals surface area contributed by atoms with Crippen LogP contribution in [0.2, 0.25) is 5.02 Å². The van der Waals surface area contributed by atoms with Gasteiger partial charge in [0.2, 0.25) is 5.91 Å². The number of phenolic OH excluding ortho intramolecular Hbond substituents is 1. The molecule has 0 radical (unpaired) electrons. The number of halogens is 2. The van der Waals surface area contributed by atoms with E-state index in [-0.39, 0.29) is 28.4 Å². The van der Waals surface area contributed by atoms with Crippen LogP contribution in [0.5, 0.6) is 11.5 Å². The molecule has 0 unspecified atom stereocenters. The molecule has 5 rings (SSSR count). The highest BCUT2D eigenvalue weighted by Gasteiger charge is 2.29. The van der Waals surface area contributed by atoms with Crippen molar-refractivity contribution in [2.45, 2.75) is 63.5 Å². The number of phenols is 1. The van der Waals surface area contributed by atoms with E-state index in [1.54, 1.807) is 18.2 Å². The van der Waals surface area contributed by atoms with Crippen molar-refractivity contribution in [3.8, 4) is 11.5 Å². The van der Waals surface area contributed by atoms with E-state index in [0.29, 0.717) is 28.5 Å². The summed E-state index contributed by atoms with van der Waals surface area (Å²) in [5.41, 5.74) is 0.734. The van der Waals surface area contributed by atoms with Crippen molar-refractivity contribution in [3.05, 3.63) is 47.5 Å². The second-order valence-corrected chi connectivity index (χ2v) is 10.2. The van der Waals surface area contributed by atoms with E-state index >= 15 is 0 Å². The number of nitrogens with zero attached hydrogens (tertiary/aromatic N) is 3. The van der Waals surface area contributed by atoms with Gasteiger partial charge in [0.25, 0.3) is 0 Å². The highest BCUT2D eigenvalue weighted by molar-refractivity contribution is 6.31. The monoisotopic (exact) mass is 543 g/mol. The summed E-state index contributed by atoms with van der Waals surface area (Å²) in [4.78, 5) is 22.5. The van der Waals surface area contributed by atoms with Crippen LogP contribution in [0.25, 0.3) is 10.9 Å². The van der Waals surface area contributed by atoms with Gasteiger partial charge < -0.3 is 20.5 Å². The number of aromatic hydroxyl groups is 1. The molecular weight excluding hydrogens is 509 g/mol. The van der Waals surface area contributed by atoms with E-state index in [2.05, 4.69) is 32.5 Å². The zero-order chi connectivity index (χ0) is 27.1. The molecule has 3 aromatic rings. The van der Waals surface area contributed by atoms with Crippen LogP contribution in [0, 0.1) is 5.82 Å². The first kappa shape index (κ1) is 27.9. The molecule has 8 nitrogen and oxygen atoms in total. The molecule has 1 amide bonds. The first-order valence-corrected chi connectivity index (χ1v) is 13.5. The van der Waals surface area contributed by atoms with Crippen molar-refractivity contribution >= 4 is 39.9 Å². The number of anilines is 2. The Morgan fingerprint density at radius 2 is 1.89 bits per heavy atom. The molecule has 3 N–H and O–H groups in total. The van der Waals surface area contributed by atoms with Gasteiger partial charge in [0.1, 0.15) is 12.1 Å². The Morgan fingerprint density at radius 1 is 1.13 bits per heavy atom. The smallest absolute Gasteiger partial charge is 0.237 e. The van der Waals surface area contributed by atoms with Gasteiger partial charge in [0.05, 0.1) is 29.4 Å². The minimum atomic E-state index is -0.575. The van der Waals surface area contributed by atoms with E-state index in [9.17, 15) is 14.3 Å². The number of ether oxygens (including phenoxy) is 1. The first-order valence-electron chi connectivity index (χ1n) is 13.1. The quantitative estimate of drug-likeness (QED) is 0.350. The topological polar surface area (TPSA) is 99.6 Å². The van der Waals surface area contributed by atoms with Gasteiger partial charge >= 0.3 is 0 Å². The number of carbonyl (C=O) groups is 1. The molecule has 10 heteroatoms. The van der Waals surface area contributed by atoms with Crippen LogP contribution in [-0.2, 0) is 4.79 Å². The SMILES string of the molecule is CN1CCC[C@H]1C(=O)NC1CCCCCC1.COc1cc2ncnc(Nc3cccc(Cl)c3F)c2cc1O. The first-order chi connectivity index (χ1) is 18.4. The van der Waals surface area contributed by atoms with Gasteiger partial charge in [0.15, 0.2) is 17.3 Å². The number of carbonyl (C=O) groups excluding carboxylic acids is 1. The van der Waals surface area contributed by atoms with Crippen molar-refractivity contribution < 1.29 is 19.0 Å². The molecular formula is C28H35ClFN5O3. The minimum absolute atomic E-state index is 0.00729. The number of fused-ring (bicyclic) bond motifs is 1. The van der Waals surface area contributed by atoms with Crippen molar-refractivity contribution in [2.24, 2.45) is 0 Å². The average molecular weight is 544 g/mol. The second kappa shape index (κ2) is 13.1. The van der Waals surface area contributed by atoms with E-state index in [1.165, 1.54) is 70.5 Å². The average Bonchev–Trinajstić information content (AvgIpc) is 3.18. The van der Waals surface area contributed by atoms with Crippen molar-refractivity contribution in [2.75, 3.05) is 26.0 Å². The second-order valence-electron chi connectivity index (χ2n) is 9.83. The molecule has 2 fully saturated rings. The number of nitrogens with one attached hydrogen (secondary N) is 2. The van der Waals surface area contributed by atoms with Crippen LogP contribution < -0.4 is 15.4 Å². The zero-order valence-electron chi connectivity index (χ0n) is 21.8. The molecule has 1 saturated heterocycles. The number of aromatic nitrogens is 2. The lowest BCUT2D eigenvalue weighted by Crippen LogP contribution is -2.45. The van der Waals surface area contributed by atoms with Crippen molar-refractivity contribution in [3.63, 3.8) is 0 Å². The Kier molecular flexibility index (Phi) is 9.58. The summed E-state index contributed by atoms with van der Waals surface area (Å²) >= 11 is 5.76. The lowest BCUT2D eigenvalue weighted by molar-refractivity contribution is -0.125. The molecule has 38 heavy (non-hydrogen) atoms. The Labute approximate surface area is 227 Å². The third kappa shape index (κ3) is 6.82. The van der Waals surface area contributed by atoms with Crippen molar-refractivity contribution in [1.29, 1.82) is 0 Å². The lowest BCUT2D eigenvalue weighted by atomic mass is 10.1. The maximum Gasteiger partial charge on any atom is 0.237 e. The molecule has 2 aliphatic rings. The van der Waals surface area contributed by atoms with Crippen LogP contribution in [0.3, 0.4) is 0 Å². The summed E-state index contributed by atoms with van der Waals surface area (Å²) in [6.07, 6.45) is 11.2. The summed E-state index contributed by atoms with van der Waals surface area (Å²) in [5, 5.41) is 16.5. The Balaban J connectivity index is 0.000000186. The number of amides is 1. The maximum absolute atomic E-state index is 14.0. The van der Waals surface area contributed by atoms with Crippen molar-refractivity contribution in [1.82, 2.24) is 20.2 Å². The van der Waals surface area contributed by atoms with E-state index in [1.807, 2.05) is 0 Å². The van der Waals surface area contributed by atoms with Gasteiger partial charge in [-0.2, -0.15) is 0 Å². The Morgan fingerprint density at radius 3 is 2.58 bits per heavy atom. The molecule has 2 aromatic carbocycles. The largest absolute Gasteiger partial charge is 0.504 e. The number of likely N-dealkylation sites (tertiary alicyclic amines) is 1. The number of benzene rings is 2. The third-order valence-corrected chi connectivity index (χ3v) is 7.46. The number of rotatable bonds is 5. The number of hydrogen-bond donors (Lipinski definition) is 3. The summed E-state index contributed by atoms with van der Waals surface area (Å²) < 4.78 is 19.0. The Bertz CT molecular complexity index is 1250. The molecule has 204 valence electrons. The van der Waals surface area contributed by atoms with Gasteiger partial charge in [-0.05, 0) is 57.5 Å². The molecule has 1 aromatic heterocycles. The summed E-state index contributed by atoms with van der Waals surface area (Å²) in [6.45, 7) is 1.07. The minimum Gasteiger partial charge on any atom is -0.504 e. The molecule has 1 saturated carbocycles. The third-order valence-electron chi connectivity index (χ3n) is 7.17. The van der Waals surface area contributed by atoms with Crippen LogP contribution >= 0.6 is 11.6 Å². The van der Waals surface area contributed by atoms with Gasteiger partial charge in [-0.1, -0.05) is 43.4 Å². The van der Waals surface area contributed by atoms with E-state index in [0.717, 1.165) is 13.0 Å². The predicted molar refractivity (Wildman–Crippen MR) is 148 cm³/mol. The number of hydrogen-bond acceptors (Lipinski definition) is 7. The highest BCUT2D eigenvalue weighted by atomic mass is 35.5. The molecule has 2 heterocycles. The van der Waals surface area contributed by atoms with Gasteiger partial charge in [0, 0.05) is 17.5 Å². The van der Waals surface area contributed by atoms with Gasteiger partial charge in [-0.25, -0.2) is 14.4 Å². The van der Waals surface area contributed by atoms with Gasteiger partial charge in [-0.15, -0.1) is 0 Å². The molecule has 1 atom stereocenters. The van der Waals surface area contributed by atoms with E-state index < -0.39 is 5.82 Å². The fraction of sp³-hybridized carbons (Fsp3) is 0.464. The molecule has 0 spiro atoms. The summed E-state index contributed by atoms with van der Waals surface area (Å²) in [5.74, 6) is 0.287. The number of methoxy groups -OCH3 is 1. The Hall–Kier alpha value is -3.17. The highest BCUT2D eigenvalue weighted by Crippen LogP contribution is 2.34. The van der Waals surface area contributed by atoms with E-state index in [4.69, 9.17) is 16.3 Å². The number of likely N-dealkylation sites (N-methyl/N-ethyl adjacent to an activating group) is 1. The van der Waals surface area contributed by atoms with Crippen LogP contribution in [0.4, 0.5) is 15.9 Å². The summed E-state index contributed by atoms with van der Waals surface area (Å²) in [7, 11) is 3.51. The predicted octanol–water partition coefficient (Wildman–Crippen LogP) is 5.80. The normalized spacial score (nSPS) is 18.4. The summed E-state index contributed by atoms with van der Waals surface area (Å²) in [6, 6.07) is 8.24. The van der Waals surface area contributed by atoms with Crippen LogP contribution in [0.1, 0.15) is 51.4 Å². The van der Waals surface area contributed by atoms with Crippen LogP contribution in [0.15, 0.2) is 36.7 Å². The molecule has 0 bridgehead atoms. The lowest BCUT2D eigenvalue weighted by Gasteiger charge is -2.23. The zero-order valence-corrected chi connectivity index (χ0v) is 22.6. The van der Waals surface area contributed by atoms with Crippen LogP contribution in [-0.4, -0.2) is 58.7 Å². The standard InChI is InChI=1S/C15H11ClFN3O2.C13H24N2O/c1-22-13-6-11-8(5-12(13)21)15(19-7-18-11)20-10-4-2-3-9(16)14(10)17;1-15-10-6-9-12(15)13(16)14-11-7-4-2-3-5-8-11/h2-7,21H,1H3,(H,18,19,20);11-12H,2-10H2,1H3,(H,14,16)/t;12-/m.0/s1.